The van der Waals surface area contributed by atoms with Crippen molar-refractivity contribution in [3.8, 4) is 0 Å². The first-order chi connectivity index (χ1) is 12.2. The van der Waals surface area contributed by atoms with Crippen molar-refractivity contribution in [3.63, 3.8) is 0 Å². The van der Waals surface area contributed by atoms with Crippen LogP contribution in [0.25, 0.3) is 0 Å². The molecule has 2 aromatic carbocycles. The molecule has 0 saturated carbocycles. The van der Waals surface area contributed by atoms with Gasteiger partial charge in [-0.25, -0.2) is 9.18 Å². The van der Waals surface area contributed by atoms with Gasteiger partial charge in [0.2, 0.25) is 0 Å². The number of nitrogens with zero attached hydrogens (tertiary/aromatic N) is 1. The van der Waals surface area contributed by atoms with Crippen molar-refractivity contribution >= 4 is 6.03 Å². The zero-order chi connectivity index (χ0) is 19.3. The third-order valence-corrected chi connectivity index (χ3v) is 4.25. The van der Waals surface area contributed by atoms with Crippen LogP contribution in [0, 0.1) is 5.82 Å². The molecule has 2 aromatic rings. The highest BCUT2D eigenvalue weighted by Crippen LogP contribution is 2.31. The van der Waals surface area contributed by atoms with E-state index >= 15 is 0 Å². The molecule has 2 amide bonds. The Morgan fingerprint density at radius 2 is 1.73 bits per heavy atom. The minimum absolute atomic E-state index is 0.0696. The van der Waals surface area contributed by atoms with Crippen LogP contribution in [0.3, 0.4) is 0 Å². The smallest absolute Gasteiger partial charge is 0.338 e. The predicted octanol–water partition coefficient (Wildman–Crippen LogP) is 4.79. The van der Waals surface area contributed by atoms with Crippen LogP contribution in [0.2, 0.25) is 0 Å². The van der Waals surface area contributed by atoms with Crippen molar-refractivity contribution in [3.05, 3.63) is 71.0 Å². The van der Waals surface area contributed by atoms with Crippen LogP contribution in [-0.4, -0.2) is 24.5 Å². The molecule has 0 heterocycles. The molecular formula is C19H20F4N2O. The van der Waals surface area contributed by atoms with Crippen molar-refractivity contribution < 1.29 is 22.4 Å². The quantitative estimate of drug-likeness (QED) is 0.756. The van der Waals surface area contributed by atoms with E-state index in [9.17, 15) is 22.4 Å². The molecule has 26 heavy (non-hydrogen) atoms. The molecule has 0 fully saturated rings. The third-order valence-electron chi connectivity index (χ3n) is 4.25. The van der Waals surface area contributed by atoms with Crippen LogP contribution in [0.5, 0.6) is 0 Å². The van der Waals surface area contributed by atoms with Crippen LogP contribution in [0.15, 0.2) is 48.5 Å². The summed E-state index contributed by atoms with van der Waals surface area (Å²) in [7, 11) is 1.58. The summed E-state index contributed by atoms with van der Waals surface area (Å²) in [6.07, 6.45) is -4.35. The Balaban J connectivity index is 1.94. The maximum absolute atomic E-state index is 13.0. The average molecular weight is 368 g/mol. The number of alkyl halides is 3. The molecule has 0 radical (unpaired) electrons. The van der Waals surface area contributed by atoms with Gasteiger partial charge in [0.1, 0.15) is 5.82 Å². The molecule has 1 atom stereocenters. The van der Waals surface area contributed by atoms with Gasteiger partial charge in [0, 0.05) is 13.6 Å². The Labute approximate surface area is 149 Å². The van der Waals surface area contributed by atoms with Crippen LogP contribution < -0.4 is 5.32 Å². The zero-order valence-corrected chi connectivity index (χ0v) is 14.5. The Kier molecular flexibility index (Phi) is 6.23. The number of benzene rings is 2. The largest absolute Gasteiger partial charge is 0.416 e. The fourth-order valence-corrected chi connectivity index (χ4v) is 2.58. The van der Waals surface area contributed by atoms with Gasteiger partial charge in [-0.15, -0.1) is 0 Å². The van der Waals surface area contributed by atoms with E-state index in [0.717, 1.165) is 11.6 Å². The third kappa shape index (κ3) is 4.97. The predicted molar refractivity (Wildman–Crippen MR) is 91.1 cm³/mol. The molecule has 0 aliphatic rings. The lowest BCUT2D eigenvalue weighted by Crippen LogP contribution is -2.39. The summed E-state index contributed by atoms with van der Waals surface area (Å²) >= 11 is 0. The Bertz CT molecular complexity index is 744. The molecule has 0 saturated heterocycles. The molecule has 140 valence electrons. The first-order valence-electron chi connectivity index (χ1n) is 8.11. The van der Waals surface area contributed by atoms with E-state index in [4.69, 9.17) is 0 Å². The fourth-order valence-electron chi connectivity index (χ4n) is 2.58. The van der Waals surface area contributed by atoms with Gasteiger partial charge >= 0.3 is 12.2 Å². The number of urea groups is 1. The molecule has 2 rings (SSSR count). The van der Waals surface area contributed by atoms with Gasteiger partial charge in [-0.1, -0.05) is 30.3 Å². The van der Waals surface area contributed by atoms with Gasteiger partial charge in [-0.2, -0.15) is 13.2 Å². The van der Waals surface area contributed by atoms with E-state index in [0.29, 0.717) is 0 Å². The molecule has 0 bridgehead atoms. The summed E-state index contributed by atoms with van der Waals surface area (Å²) in [4.78, 5) is 13.6. The van der Waals surface area contributed by atoms with Crippen molar-refractivity contribution in [2.45, 2.75) is 25.6 Å². The molecule has 0 aliphatic carbocycles. The van der Waals surface area contributed by atoms with Crippen LogP contribution in [0.4, 0.5) is 22.4 Å². The summed E-state index contributed by atoms with van der Waals surface area (Å²) < 4.78 is 51.9. The summed E-state index contributed by atoms with van der Waals surface area (Å²) in [5.74, 6) is -0.364. The van der Waals surface area contributed by atoms with Crippen LogP contribution in [-0.2, 0) is 12.6 Å². The van der Waals surface area contributed by atoms with Gasteiger partial charge in [0.15, 0.2) is 0 Å². The molecule has 1 unspecified atom stereocenters. The average Bonchev–Trinajstić information content (AvgIpc) is 2.60. The maximum atomic E-state index is 13.0. The van der Waals surface area contributed by atoms with E-state index in [2.05, 4.69) is 5.32 Å². The Morgan fingerprint density at radius 1 is 1.12 bits per heavy atom. The number of rotatable bonds is 5. The zero-order valence-electron chi connectivity index (χ0n) is 14.5. The number of hydrogen-bond acceptors (Lipinski definition) is 1. The summed E-state index contributed by atoms with van der Waals surface area (Å²) in [6.45, 7) is 1.86. The van der Waals surface area contributed by atoms with Gasteiger partial charge < -0.3 is 10.2 Å². The highest BCUT2D eigenvalue weighted by molar-refractivity contribution is 5.74. The van der Waals surface area contributed by atoms with Crippen molar-refractivity contribution in [1.29, 1.82) is 0 Å². The van der Waals surface area contributed by atoms with Crippen LogP contribution >= 0.6 is 0 Å². The van der Waals surface area contributed by atoms with Crippen molar-refractivity contribution in [2.75, 3.05) is 13.6 Å². The first-order valence-corrected chi connectivity index (χ1v) is 8.11. The van der Waals surface area contributed by atoms with E-state index in [-0.39, 0.29) is 30.4 Å². The minimum Gasteiger partial charge on any atom is -0.338 e. The summed E-state index contributed by atoms with van der Waals surface area (Å²) in [5, 5.41) is 2.62. The molecular weight excluding hydrogens is 348 g/mol. The summed E-state index contributed by atoms with van der Waals surface area (Å²) in [5.41, 5.74) is 0.197. The topological polar surface area (TPSA) is 32.3 Å². The van der Waals surface area contributed by atoms with E-state index < -0.39 is 17.8 Å². The van der Waals surface area contributed by atoms with Gasteiger partial charge in [0.25, 0.3) is 0 Å². The van der Waals surface area contributed by atoms with Crippen LogP contribution in [0.1, 0.15) is 29.7 Å². The Hall–Kier alpha value is -2.57. The highest BCUT2D eigenvalue weighted by atomic mass is 19.4. The molecule has 7 heteroatoms. The van der Waals surface area contributed by atoms with Crippen molar-refractivity contribution in [2.24, 2.45) is 0 Å². The summed E-state index contributed by atoms with van der Waals surface area (Å²) in [6, 6.07) is 10.4. The number of carbonyl (C=O) groups excluding carboxylic acids is 1. The number of amides is 2. The van der Waals surface area contributed by atoms with Gasteiger partial charge in [0.05, 0.1) is 11.6 Å². The van der Waals surface area contributed by atoms with E-state index in [1.807, 2.05) is 0 Å². The lowest BCUT2D eigenvalue weighted by Gasteiger charge is -2.25. The first kappa shape index (κ1) is 19.8. The SMILES string of the molecule is CC(c1ccc(F)cc1)N(C)C(=O)NCCc1ccccc1C(F)(F)F. The van der Waals surface area contributed by atoms with Gasteiger partial charge in [-0.05, 0) is 42.7 Å². The van der Waals surface area contributed by atoms with Gasteiger partial charge in [-0.3, -0.25) is 0 Å². The Morgan fingerprint density at radius 3 is 2.35 bits per heavy atom. The lowest BCUT2D eigenvalue weighted by atomic mass is 10.0. The highest BCUT2D eigenvalue weighted by Gasteiger charge is 2.32. The maximum Gasteiger partial charge on any atom is 0.416 e. The normalized spacial score (nSPS) is 12.5. The second-order valence-electron chi connectivity index (χ2n) is 5.98. The lowest BCUT2D eigenvalue weighted by molar-refractivity contribution is -0.138. The number of nitrogens with one attached hydrogen (secondary N) is 1. The van der Waals surface area contributed by atoms with Crippen molar-refractivity contribution in [1.82, 2.24) is 10.2 Å². The molecule has 0 spiro atoms. The minimum atomic E-state index is -4.42. The number of halogens is 4. The van der Waals surface area contributed by atoms with E-state index in [1.54, 1.807) is 26.1 Å². The molecule has 0 aliphatic heterocycles. The second-order valence-corrected chi connectivity index (χ2v) is 5.98. The molecule has 3 nitrogen and oxygen atoms in total. The fraction of sp³-hybridized carbons (Fsp3) is 0.316. The standard InChI is InChI=1S/C19H20F4N2O/c1-13(14-7-9-16(20)10-8-14)25(2)18(26)24-12-11-15-5-3-4-6-17(15)19(21,22)23/h3-10,13H,11-12H2,1-2H3,(H,24,26). The molecule has 1 N–H and O–H groups in total. The molecule has 0 aromatic heterocycles. The second kappa shape index (κ2) is 8.21. The van der Waals surface area contributed by atoms with E-state index in [1.165, 1.54) is 35.2 Å². The number of carbonyl (C=O) groups is 1. The number of hydrogen-bond donors (Lipinski definition) is 1. The monoisotopic (exact) mass is 368 g/mol.